The zero-order valence-corrected chi connectivity index (χ0v) is 16.1. The average Bonchev–Trinajstić information content (AvgIpc) is 3.13. The van der Waals surface area contributed by atoms with Crippen molar-refractivity contribution in [2.45, 2.75) is 19.8 Å². The number of rotatable bonds is 7. The fraction of sp³-hybridized carbons (Fsp3) is 0.273. The molecule has 0 unspecified atom stereocenters. The Balaban J connectivity index is 1.56. The summed E-state index contributed by atoms with van der Waals surface area (Å²) < 4.78 is 10.9. The highest BCUT2D eigenvalue weighted by Crippen LogP contribution is 2.28. The van der Waals surface area contributed by atoms with Gasteiger partial charge in [-0.1, -0.05) is 18.2 Å². The number of nitrogens with one attached hydrogen (secondary N) is 1. The third-order valence-corrected chi connectivity index (χ3v) is 4.44. The lowest BCUT2D eigenvalue weighted by Crippen LogP contribution is -2.23. The van der Waals surface area contributed by atoms with Crippen LogP contribution in [0.5, 0.6) is 11.5 Å². The fourth-order valence-electron chi connectivity index (χ4n) is 3.09. The van der Waals surface area contributed by atoms with Crippen LogP contribution in [0.3, 0.4) is 0 Å². The molecule has 1 saturated heterocycles. The van der Waals surface area contributed by atoms with Gasteiger partial charge in [0.15, 0.2) is 18.1 Å². The summed E-state index contributed by atoms with van der Waals surface area (Å²) in [6, 6.07) is 12.8. The quantitative estimate of drug-likeness (QED) is 0.792. The van der Waals surface area contributed by atoms with Crippen molar-refractivity contribution >= 4 is 29.3 Å². The molecule has 0 aliphatic carbocycles. The number of hydrogen-bond acceptors (Lipinski definition) is 4. The first-order valence-electron chi connectivity index (χ1n) is 9.24. The summed E-state index contributed by atoms with van der Waals surface area (Å²) in [6.45, 7) is 2.55. The van der Waals surface area contributed by atoms with Crippen LogP contribution in [-0.4, -0.2) is 32.1 Å². The Morgan fingerprint density at radius 1 is 1.18 bits per heavy atom. The SMILES string of the molecule is C/C=C\c1ccc(OCC(=O)Nc2ccc(N3CCCC3=O)cc2)c(OC)c1. The third-order valence-electron chi connectivity index (χ3n) is 4.44. The first-order chi connectivity index (χ1) is 13.6. The molecular weight excluding hydrogens is 356 g/mol. The highest BCUT2D eigenvalue weighted by molar-refractivity contribution is 5.96. The van der Waals surface area contributed by atoms with E-state index in [0.717, 1.165) is 24.2 Å². The third kappa shape index (κ3) is 4.71. The number of carbonyl (C=O) groups is 2. The Hall–Kier alpha value is -3.28. The summed E-state index contributed by atoms with van der Waals surface area (Å²) in [4.78, 5) is 25.8. The lowest BCUT2D eigenvalue weighted by Gasteiger charge is -2.16. The highest BCUT2D eigenvalue weighted by Gasteiger charge is 2.21. The van der Waals surface area contributed by atoms with Crippen molar-refractivity contribution in [1.82, 2.24) is 0 Å². The second-order valence-electron chi connectivity index (χ2n) is 6.44. The molecule has 2 aromatic rings. The van der Waals surface area contributed by atoms with E-state index in [1.807, 2.05) is 43.3 Å². The average molecular weight is 380 g/mol. The number of allylic oxidation sites excluding steroid dienone is 1. The summed E-state index contributed by atoms with van der Waals surface area (Å²) >= 11 is 0. The van der Waals surface area contributed by atoms with E-state index in [4.69, 9.17) is 9.47 Å². The topological polar surface area (TPSA) is 67.9 Å². The van der Waals surface area contributed by atoms with Gasteiger partial charge < -0.3 is 19.7 Å². The molecule has 1 aliphatic heterocycles. The minimum absolute atomic E-state index is 0.133. The van der Waals surface area contributed by atoms with Gasteiger partial charge in [0.2, 0.25) is 5.91 Å². The van der Waals surface area contributed by atoms with E-state index in [-0.39, 0.29) is 18.4 Å². The number of benzene rings is 2. The summed E-state index contributed by atoms with van der Waals surface area (Å²) in [5.41, 5.74) is 2.50. The van der Waals surface area contributed by atoms with E-state index in [2.05, 4.69) is 5.32 Å². The molecule has 28 heavy (non-hydrogen) atoms. The van der Waals surface area contributed by atoms with Crippen molar-refractivity contribution < 1.29 is 19.1 Å². The van der Waals surface area contributed by atoms with Crippen LogP contribution in [0.4, 0.5) is 11.4 Å². The minimum Gasteiger partial charge on any atom is -0.493 e. The number of methoxy groups -OCH3 is 1. The van der Waals surface area contributed by atoms with Gasteiger partial charge in [-0.15, -0.1) is 0 Å². The molecule has 0 spiro atoms. The number of ether oxygens (including phenoxy) is 2. The van der Waals surface area contributed by atoms with Crippen LogP contribution in [0.1, 0.15) is 25.3 Å². The normalized spacial score (nSPS) is 13.8. The van der Waals surface area contributed by atoms with Crippen molar-refractivity contribution in [3.8, 4) is 11.5 Å². The maximum Gasteiger partial charge on any atom is 0.262 e. The molecule has 0 aromatic heterocycles. The molecule has 6 heteroatoms. The number of anilines is 2. The Labute approximate surface area is 164 Å². The van der Waals surface area contributed by atoms with Crippen molar-refractivity contribution in [3.63, 3.8) is 0 Å². The predicted octanol–water partition coefficient (Wildman–Crippen LogP) is 3.87. The maximum absolute atomic E-state index is 12.2. The Bertz CT molecular complexity index is 875. The summed E-state index contributed by atoms with van der Waals surface area (Å²) in [6.07, 6.45) is 5.37. The molecular formula is C22H24N2O4. The zero-order valence-electron chi connectivity index (χ0n) is 16.1. The smallest absolute Gasteiger partial charge is 0.262 e. The van der Waals surface area contributed by atoms with Gasteiger partial charge in [0.05, 0.1) is 7.11 Å². The molecule has 2 amide bonds. The first kappa shape index (κ1) is 19.5. The van der Waals surface area contributed by atoms with Gasteiger partial charge in [-0.25, -0.2) is 0 Å². The number of nitrogens with zero attached hydrogens (tertiary/aromatic N) is 1. The van der Waals surface area contributed by atoms with Crippen molar-refractivity contribution in [1.29, 1.82) is 0 Å². The van der Waals surface area contributed by atoms with E-state index in [0.29, 0.717) is 23.6 Å². The molecule has 1 aliphatic rings. The van der Waals surface area contributed by atoms with E-state index in [1.165, 1.54) is 0 Å². The molecule has 3 rings (SSSR count). The number of amides is 2. The molecule has 1 heterocycles. The van der Waals surface area contributed by atoms with Gasteiger partial charge in [-0.05, 0) is 55.3 Å². The van der Waals surface area contributed by atoms with Crippen LogP contribution >= 0.6 is 0 Å². The first-order valence-corrected chi connectivity index (χ1v) is 9.24. The van der Waals surface area contributed by atoms with Gasteiger partial charge in [0.25, 0.3) is 5.91 Å². The van der Waals surface area contributed by atoms with Gasteiger partial charge in [-0.2, -0.15) is 0 Å². The van der Waals surface area contributed by atoms with Gasteiger partial charge >= 0.3 is 0 Å². The van der Waals surface area contributed by atoms with Crippen molar-refractivity contribution in [2.24, 2.45) is 0 Å². The van der Waals surface area contributed by atoms with Crippen LogP contribution in [0, 0.1) is 0 Å². The molecule has 2 aromatic carbocycles. The van der Waals surface area contributed by atoms with Crippen molar-refractivity contribution in [2.75, 3.05) is 30.5 Å². The Kier molecular flexibility index (Phi) is 6.32. The van der Waals surface area contributed by atoms with Gasteiger partial charge in [-0.3, -0.25) is 9.59 Å². The molecule has 0 saturated carbocycles. The van der Waals surface area contributed by atoms with Gasteiger partial charge in [0, 0.05) is 24.3 Å². The van der Waals surface area contributed by atoms with E-state index >= 15 is 0 Å². The maximum atomic E-state index is 12.2. The second kappa shape index (κ2) is 9.08. The number of hydrogen-bond donors (Lipinski definition) is 1. The minimum atomic E-state index is -0.274. The summed E-state index contributed by atoms with van der Waals surface area (Å²) in [5.74, 6) is 0.945. The van der Waals surface area contributed by atoms with Crippen LogP contribution in [0.2, 0.25) is 0 Å². The lowest BCUT2D eigenvalue weighted by atomic mass is 10.2. The molecule has 0 bridgehead atoms. The molecule has 1 fully saturated rings. The van der Waals surface area contributed by atoms with Crippen molar-refractivity contribution in [3.05, 3.63) is 54.1 Å². The lowest BCUT2D eigenvalue weighted by molar-refractivity contribution is -0.118. The molecule has 6 nitrogen and oxygen atoms in total. The summed E-state index contributed by atoms with van der Waals surface area (Å²) in [7, 11) is 1.56. The summed E-state index contributed by atoms with van der Waals surface area (Å²) in [5, 5.41) is 2.79. The van der Waals surface area contributed by atoms with Crippen LogP contribution < -0.4 is 19.7 Å². The monoisotopic (exact) mass is 380 g/mol. The van der Waals surface area contributed by atoms with Crippen LogP contribution in [0.15, 0.2) is 48.5 Å². The Morgan fingerprint density at radius 3 is 2.61 bits per heavy atom. The highest BCUT2D eigenvalue weighted by atomic mass is 16.5. The Morgan fingerprint density at radius 2 is 1.96 bits per heavy atom. The largest absolute Gasteiger partial charge is 0.493 e. The standard InChI is InChI=1S/C22H24N2O4/c1-3-5-16-7-12-19(20(14-16)27-2)28-15-21(25)23-17-8-10-18(11-9-17)24-13-4-6-22(24)26/h3,5,7-12,14H,4,6,13,15H2,1-2H3,(H,23,25)/b5-3-. The number of carbonyl (C=O) groups excluding carboxylic acids is 2. The van der Waals surface area contributed by atoms with E-state index in [9.17, 15) is 9.59 Å². The van der Waals surface area contributed by atoms with E-state index < -0.39 is 0 Å². The molecule has 0 radical (unpaired) electrons. The zero-order chi connectivity index (χ0) is 19.9. The second-order valence-corrected chi connectivity index (χ2v) is 6.44. The van der Waals surface area contributed by atoms with Crippen LogP contribution in [0.25, 0.3) is 6.08 Å². The van der Waals surface area contributed by atoms with E-state index in [1.54, 1.807) is 30.2 Å². The molecule has 1 N–H and O–H groups in total. The molecule has 146 valence electrons. The fourth-order valence-corrected chi connectivity index (χ4v) is 3.09. The van der Waals surface area contributed by atoms with Crippen LogP contribution in [-0.2, 0) is 9.59 Å². The predicted molar refractivity (Wildman–Crippen MR) is 110 cm³/mol. The molecule has 0 atom stereocenters. The van der Waals surface area contributed by atoms with Gasteiger partial charge in [0.1, 0.15) is 0 Å².